The zero-order valence-corrected chi connectivity index (χ0v) is 14.2. The number of carbonyl (C=O) groups excluding carboxylic acids is 2. The van der Waals surface area contributed by atoms with Gasteiger partial charge >= 0.3 is 5.97 Å². The molecule has 1 heterocycles. The third kappa shape index (κ3) is 4.10. The van der Waals surface area contributed by atoms with Crippen molar-refractivity contribution in [3.8, 4) is 6.07 Å². The molecule has 0 spiro atoms. The Morgan fingerprint density at radius 2 is 1.93 bits per heavy atom. The largest absolute Gasteiger partial charge is 0.451 e. The molecule has 0 saturated carbocycles. The van der Waals surface area contributed by atoms with Crippen LogP contribution < -0.4 is 4.90 Å². The van der Waals surface area contributed by atoms with Gasteiger partial charge in [0.05, 0.1) is 18.0 Å². The van der Waals surface area contributed by atoms with Gasteiger partial charge in [0.15, 0.2) is 12.3 Å². The number of aromatic amines is 1. The van der Waals surface area contributed by atoms with Crippen LogP contribution >= 0.6 is 0 Å². The van der Waals surface area contributed by atoms with Gasteiger partial charge in [-0.15, -0.1) is 0 Å². The average molecular weight is 366 g/mol. The summed E-state index contributed by atoms with van der Waals surface area (Å²) in [5.74, 6) is -1.70. The quantitative estimate of drug-likeness (QED) is 0.676. The number of nitrogens with one attached hydrogen (secondary N) is 1. The van der Waals surface area contributed by atoms with Crippen LogP contribution in [0.2, 0.25) is 0 Å². The maximum atomic E-state index is 13.1. The zero-order chi connectivity index (χ0) is 19.2. The van der Waals surface area contributed by atoms with Gasteiger partial charge in [-0.1, -0.05) is 18.2 Å². The van der Waals surface area contributed by atoms with Crippen LogP contribution in [0.15, 0.2) is 48.5 Å². The summed E-state index contributed by atoms with van der Waals surface area (Å²) < 4.78 is 18.2. The van der Waals surface area contributed by atoms with Gasteiger partial charge in [0, 0.05) is 17.6 Å². The molecule has 8 heteroatoms. The first-order chi connectivity index (χ1) is 13.1. The normalized spacial score (nSPS) is 10.4. The summed E-state index contributed by atoms with van der Waals surface area (Å²) in [6.07, 6.45) is 0.0844. The smallest absolute Gasteiger partial charge is 0.359 e. The number of nitriles is 1. The van der Waals surface area contributed by atoms with Crippen molar-refractivity contribution >= 4 is 28.5 Å². The van der Waals surface area contributed by atoms with E-state index in [0.717, 1.165) is 0 Å². The minimum Gasteiger partial charge on any atom is -0.451 e. The first kappa shape index (κ1) is 18.1. The highest BCUT2D eigenvalue weighted by Gasteiger charge is 2.20. The number of carbonyl (C=O) groups is 2. The van der Waals surface area contributed by atoms with Gasteiger partial charge in [-0.05, 0) is 30.3 Å². The topological polar surface area (TPSA) is 99.1 Å². The molecule has 0 unspecified atom stereocenters. The number of aromatic nitrogens is 2. The third-order valence-electron chi connectivity index (χ3n) is 3.88. The van der Waals surface area contributed by atoms with Gasteiger partial charge in [-0.2, -0.15) is 10.4 Å². The SMILES string of the molecule is N#CCCN(C(=O)COC(=O)c1n[nH]c2ccccc12)c1ccc(F)cc1. The van der Waals surface area contributed by atoms with E-state index < -0.39 is 24.3 Å². The monoisotopic (exact) mass is 366 g/mol. The zero-order valence-electron chi connectivity index (χ0n) is 14.2. The van der Waals surface area contributed by atoms with Crippen LogP contribution in [0.25, 0.3) is 10.9 Å². The fourth-order valence-electron chi connectivity index (χ4n) is 2.57. The lowest BCUT2D eigenvalue weighted by Crippen LogP contribution is -2.35. The van der Waals surface area contributed by atoms with E-state index in [4.69, 9.17) is 10.00 Å². The number of fused-ring (bicyclic) bond motifs is 1. The number of para-hydroxylation sites is 1. The van der Waals surface area contributed by atoms with Crippen molar-refractivity contribution in [2.24, 2.45) is 0 Å². The van der Waals surface area contributed by atoms with E-state index in [1.54, 1.807) is 24.3 Å². The number of halogens is 1. The number of benzene rings is 2. The predicted molar refractivity (Wildman–Crippen MR) is 95.4 cm³/mol. The molecule has 7 nitrogen and oxygen atoms in total. The lowest BCUT2D eigenvalue weighted by molar-refractivity contribution is -0.121. The summed E-state index contributed by atoms with van der Waals surface area (Å²) in [6.45, 7) is -0.424. The Hall–Kier alpha value is -3.73. The van der Waals surface area contributed by atoms with Crippen LogP contribution in [0.1, 0.15) is 16.9 Å². The Morgan fingerprint density at radius 1 is 1.19 bits per heavy atom. The molecule has 0 atom stereocenters. The van der Waals surface area contributed by atoms with E-state index in [0.29, 0.717) is 16.6 Å². The molecule has 0 saturated heterocycles. The van der Waals surface area contributed by atoms with Gasteiger partial charge in [-0.25, -0.2) is 9.18 Å². The van der Waals surface area contributed by atoms with Gasteiger partial charge in [0.1, 0.15) is 5.82 Å². The van der Waals surface area contributed by atoms with E-state index in [1.807, 2.05) is 6.07 Å². The van der Waals surface area contributed by atoms with E-state index in [1.165, 1.54) is 29.2 Å². The standard InChI is InChI=1S/C19H15FN4O3/c20-13-6-8-14(9-7-13)24(11-3-10-21)17(25)12-27-19(26)18-15-4-1-2-5-16(15)22-23-18/h1-2,4-9H,3,11-12H2,(H,22,23). The number of hydrogen-bond acceptors (Lipinski definition) is 5. The van der Waals surface area contributed by atoms with Crippen LogP contribution in [0, 0.1) is 17.1 Å². The highest BCUT2D eigenvalue weighted by Crippen LogP contribution is 2.18. The molecule has 0 aliphatic rings. The fourth-order valence-corrected chi connectivity index (χ4v) is 2.57. The Morgan fingerprint density at radius 3 is 2.67 bits per heavy atom. The van der Waals surface area contributed by atoms with Crippen molar-refractivity contribution in [3.63, 3.8) is 0 Å². The summed E-state index contributed by atoms with van der Waals surface area (Å²) >= 11 is 0. The number of rotatable bonds is 6. The highest BCUT2D eigenvalue weighted by molar-refractivity contribution is 6.03. The molecule has 0 aliphatic carbocycles. The second-order valence-electron chi connectivity index (χ2n) is 5.62. The molecule has 3 rings (SSSR count). The van der Waals surface area contributed by atoms with E-state index in [-0.39, 0.29) is 18.7 Å². The summed E-state index contributed by atoms with van der Waals surface area (Å²) in [5, 5.41) is 16.0. The Bertz CT molecular complexity index is 1010. The van der Waals surface area contributed by atoms with Crippen LogP contribution in [-0.4, -0.2) is 35.2 Å². The minimum absolute atomic E-state index is 0.0844. The second-order valence-corrected chi connectivity index (χ2v) is 5.62. The van der Waals surface area contributed by atoms with Crippen LogP contribution in [0.4, 0.5) is 10.1 Å². The maximum Gasteiger partial charge on any atom is 0.359 e. The van der Waals surface area contributed by atoms with E-state index >= 15 is 0 Å². The Kier molecular flexibility index (Phi) is 5.42. The molecule has 136 valence electrons. The highest BCUT2D eigenvalue weighted by atomic mass is 19.1. The molecule has 0 fully saturated rings. The lowest BCUT2D eigenvalue weighted by atomic mass is 10.2. The lowest BCUT2D eigenvalue weighted by Gasteiger charge is -2.21. The van der Waals surface area contributed by atoms with E-state index in [2.05, 4.69) is 10.2 Å². The molecular weight excluding hydrogens is 351 g/mol. The molecule has 2 aromatic carbocycles. The van der Waals surface area contributed by atoms with E-state index in [9.17, 15) is 14.0 Å². The predicted octanol–water partition coefficient (Wildman–Crippen LogP) is 2.81. The number of ether oxygens (including phenoxy) is 1. The van der Waals surface area contributed by atoms with Crippen molar-refractivity contribution in [3.05, 3.63) is 60.0 Å². The number of hydrogen-bond donors (Lipinski definition) is 1. The van der Waals surface area contributed by atoms with Crippen molar-refractivity contribution in [1.82, 2.24) is 10.2 Å². The van der Waals surface area contributed by atoms with Crippen molar-refractivity contribution in [2.45, 2.75) is 6.42 Å². The number of anilines is 1. The van der Waals surface area contributed by atoms with Crippen molar-refractivity contribution < 1.29 is 18.7 Å². The number of nitrogens with zero attached hydrogens (tertiary/aromatic N) is 3. The van der Waals surface area contributed by atoms with Gasteiger partial charge in [0.2, 0.25) is 0 Å². The Labute approximate surface area is 154 Å². The van der Waals surface area contributed by atoms with Gasteiger partial charge < -0.3 is 9.64 Å². The summed E-state index contributed by atoms with van der Waals surface area (Å²) in [5.41, 5.74) is 1.18. The summed E-state index contributed by atoms with van der Waals surface area (Å²) in [7, 11) is 0. The third-order valence-corrected chi connectivity index (χ3v) is 3.88. The molecule has 27 heavy (non-hydrogen) atoms. The van der Waals surface area contributed by atoms with Crippen LogP contribution in [0.5, 0.6) is 0 Å². The van der Waals surface area contributed by atoms with Gasteiger partial charge in [-0.3, -0.25) is 9.89 Å². The fraction of sp³-hybridized carbons (Fsp3) is 0.158. The van der Waals surface area contributed by atoms with Gasteiger partial charge in [0.25, 0.3) is 5.91 Å². The molecule has 3 aromatic rings. The maximum absolute atomic E-state index is 13.1. The first-order valence-electron chi connectivity index (χ1n) is 8.13. The minimum atomic E-state index is -0.736. The van der Waals surface area contributed by atoms with Crippen molar-refractivity contribution in [1.29, 1.82) is 5.26 Å². The average Bonchev–Trinajstić information content (AvgIpc) is 3.12. The summed E-state index contributed by atoms with van der Waals surface area (Å²) in [6, 6.07) is 14.3. The Balaban J connectivity index is 1.70. The molecule has 0 radical (unpaired) electrons. The van der Waals surface area contributed by atoms with Crippen LogP contribution in [-0.2, 0) is 9.53 Å². The van der Waals surface area contributed by atoms with Crippen molar-refractivity contribution in [2.75, 3.05) is 18.1 Å². The first-order valence-corrected chi connectivity index (χ1v) is 8.13. The second kappa shape index (κ2) is 8.10. The molecule has 1 N–H and O–H groups in total. The molecule has 0 bridgehead atoms. The summed E-state index contributed by atoms with van der Waals surface area (Å²) in [4.78, 5) is 26.0. The molecular formula is C19H15FN4O3. The van der Waals surface area contributed by atoms with Crippen LogP contribution in [0.3, 0.4) is 0 Å². The number of H-pyrrole nitrogens is 1. The number of esters is 1. The molecule has 0 aliphatic heterocycles. The number of amides is 1. The molecule has 1 aromatic heterocycles. The molecule has 1 amide bonds.